The number of nitrogens with two attached hydrogens (primary N) is 1. The predicted octanol–water partition coefficient (Wildman–Crippen LogP) is 3.05. The summed E-state index contributed by atoms with van der Waals surface area (Å²) in [6.45, 7) is 2.32. The van der Waals surface area contributed by atoms with Crippen molar-refractivity contribution in [2.45, 2.75) is 38.6 Å². The molecule has 0 aromatic carbocycles. The highest BCUT2D eigenvalue weighted by atomic mass is 32.1. The molecule has 2 rings (SSSR count). The molecular formula is C12H19NS. The van der Waals surface area contributed by atoms with E-state index in [4.69, 9.17) is 5.73 Å². The lowest BCUT2D eigenvalue weighted by Gasteiger charge is -2.18. The van der Waals surface area contributed by atoms with Crippen LogP contribution in [0.25, 0.3) is 0 Å². The number of hydrogen-bond acceptors (Lipinski definition) is 2. The second-order valence-electron chi connectivity index (χ2n) is 4.53. The van der Waals surface area contributed by atoms with Gasteiger partial charge in [-0.05, 0) is 59.9 Å². The summed E-state index contributed by atoms with van der Waals surface area (Å²) in [6, 6.07) is 2.61. The third kappa shape index (κ3) is 2.58. The first kappa shape index (κ1) is 10.2. The van der Waals surface area contributed by atoms with E-state index in [-0.39, 0.29) is 0 Å². The normalized spacial score (nSPS) is 20.7. The third-order valence-corrected chi connectivity index (χ3v) is 4.12. The lowest BCUT2D eigenvalue weighted by molar-refractivity contribution is 0.388. The lowest BCUT2D eigenvalue weighted by Crippen LogP contribution is -2.29. The molecular weight excluding hydrogens is 190 g/mol. The standard InChI is InChI=1S/C12H19NS/c1-9(11-3-4-11)12(13)5-2-10-6-7-14-8-10/h6-9,11-12H,2-5,13H2,1H3. The van der Waals surface area contributed by atoms with Crippen molar-refractivity contribution in [3.63, 3.8) is 0 Å². The number of thiophene rings is 1. The molecule has 0 aliphatic heterocycles. The zero-order valence-corrected chi connectivity index (χ0v) is 9.59. The van der Waals surface area contributed by atoms with Gasteiger partial charge < -0.3 is 5.73 Å². The summed E-state index contributed by atoms with van der Waals surface area (Å²) in [4.78, 5) is 0. The highest BCUT2D eigenvalue weighted by molar-refractivity contribution is 7.07. The van der Waals surface area contributed by atoms with E-state index in [1.54, 1.807) is 11.3 Å². The molecule has 0 amide bonds. The molecule has 78 valence electrons. The van der Waals surface area contributed by atoms with Gasteiger partial charge in [-0.3, -0.25) is 0 Å². The molecule has 1 fully saturated rings. The highest BCUT2D eigenvalue weighted by Crippen LogP contribution is 2.38. The van der Waals surface area contributed by atoms with Crippen LogP contribution in [0.3, 0.4) is 0 Å². The summed E-state index contributed by atoms with van der Waals surface area (Å²) in [5.74, 6) is 1.67. The Kier molecular flexibility index (Phi) is 3.24. The Balaban J connectivity index is 1.74. The summed E-state index contributed by atoms with van der Waals surface area (Å²) in [5.41, 5.74) is 7.63. The monoisotopic (exact) mass is 209 g/mol. The van der Waals surface area contributed by atoms with Gasteiger partial charge >= 0.3 is 0 Å². The van der Waals surface area contributed by atoms with Gasteiger partial charge in [-0.25, -0.2) is 0 Å². The number of rotatable bonds is 5. The Bertz CT molecular complexity index is 264. The average molecular weight is 209 g/mol. The van der Waals surface area contributed by atoms with E-state index in [1.165, 1.54) is 18.4 Å². The van der Waals surface area contributed by atoms with Gasteiger partial charge in [-0.1, -0.05) is 6.92 Å². The lowest BCUT2D eigenvalue weighted by atomic mass is 9.93. The number of aryl methyl sites for hydroxylation is 1. The molecule has 0 radical (unpaired) electrons. The van der Waals surface area contributed by atoms with Crippen molar-refractivity contribution in [3.8, 4) is 0 Å². The van der Waals surface area contributed by atoms with E-state index >= 15 is 0 Å². The maximum atomic E-state index is 6.18. The molecule has 0 saturated heterocycles. The minimum Gasteiger partial charge on any atom is -0.327 e. The summed E-state index contributed by atoms with van der Waals surface area (Å²) in [7, 11) is 0. The zero-order chi connectivity index (χ0) is 9.97. The van der Waals surface area contributed by atoms with Gasteiger partial charge in [0.25, 0.3) is 0 Å². The van der Waals surface area contributed by atoms with Crippen LogP contribution in [0.1, 0.15) is 31.7 Å². The molecule has 1 aromatic rings. The smallest absolute Gasteiger partial charge is 0.00703 e. The quantitative estimate of drug-likeness (QED) is 0.792. The van der Waals surface area contributed by atoms with Gasteiger partial charge in [0.1, 0.15) is 0 Å². The number of hydrogen-bond donors (Lipinski definition) is 1. The Labute approximate surface area is 90.3 Å². The van der Waals surface area contributed by atoms with E-state index in [9.17, 15) is 0 Å². The summed E-state index contributed by atoms with van der Waals surface area (Å²) in [6.07, 6.45) is 5.12. The van der Waals surface area contributed by atoms with E-state index in [0.29, 0.717) is 6.04 Å². The Morgan fingerprint density at radius 2 is 2.36 bits per heavy atom. The van der Waals surface area contributed by atoms with Crippen LogP contribution in [0, 0.1) is 11.8 Å². The van der Waals surface area contributed by atoms with E-state index in [2.05, 4.69) is 23.8 Å². The molecule has 14 heavy (non-hydrogen) atoms. The van der Waals surface area contributed by atoms with Crippen LogP contribution >= 0.6 is 11.3 Å². The van der Waals surface area contributed by atoms with Gasteiger partial charge in [0.2, 0.25) is 0 Å². The van der Waals surface area contributed by atoms with Crippen LogP contribution in [0.2, 0.25) is 0 Å². The molecule has 2 heteroatoms. The molecule has 0 bridgehead atoms. The van der Waals surface area contributed by atoms with E-state index < -0.39 is 0 Å². The van der Waals surface area contributed by atoms with E-state index in [0.717, 1.165) is 24.7 Å². The van der Waals surface area contributed by atoms with Gasteiger partial charge in [-0.2, -0.15) is 11.3 Å². The van der Waals surface area contributed by atoms with Crippen molar-refractivity contribution in [2.75, 3.05) is 0 Å². The van der Waals surface area contributed by atoms with Gasteiger partial charge in [-0.15, -0.1) is 0 Å². The summed E-state index contributed by atoms with van der Waals surface area (Å²) in [5, 5.41) is 4.37. The molecule has 1 saturated carbocycles. The first-order valence-electron chi connectivity index (χ1n) is 5.54. The fraction of sp³-hybridized carbons (Fsp3) is 0.667. The molecule has 1 heterocycles. The van der Waals surface area contributed by atoms with Gasteiger partial charge in [0.15, 0.2) is 0 Å². The van der Waals surface area contributed by atoms with Gasteiger partial charge in [0.05, 0.1) is 0 Å². The van der Waals surface area contributed by atoms with Crippen LogP contribution in [0.5, 0.6) is 0 Å². The van der Waals surface area contributed by atoms with Crippen molar-refractivity contribution in [2.24, 2.45) is 17.6 Å². The third-order valence-electron chi connectivity index (χ3n) is 3.39. The molecule has 2 N–H and O–H groups in total. The first-order valence-corrected chi connectivity index (χ1v) is 6.48. The fourth-order valence-corrected chi connectivity index (χ4v) is 2.71. The van der Waals surface area contributed by atoms with E-state index in [1.807, 2.05) is 0 Å². The van der Waals surface area contributed by atoms with Gasteiger partial charge in [0, 0.05) is 6.04 Å². The molecule has 1 aromatic heterocycles. The maximum absolute atomic E-state index is 6.18. The highest BCUT2D eigenvalue weighted by Gasteiger charge is 2.31. The first-order chi connectivity index (χ1) is 6.77. The van der Waals surface area contributed by atoms with Crippen LogP contribution in [-0.4, -0.2) is 6.04 Å². The maximum Gasteiger partial charge on any atom is 0.00703 e. The summed E-state index contributed by atoms with van der Waals surface area (Å²) >= 11 is 1.78. The molecule has 2 unspecified atom stereocenters. The molecule has 1 aliphatic carbocycles. The SMILES string of the molecule is CC(C(N)CCc1ccsc1)C1CC1. The Morgan fingerprint density at radius 3 is 2.93 bits per heavy atom. The Morgan fingerprint density at radius 1 is 1.57 bits per heavy atom. The second-order valence-corrected chi connectivity index (χ2v) is 5.31. The largest absolute Gasteiger partial charge is 0.327 e. The van der Waals surface area contributed by atoms with Crippen molar-refractivity contribution < 1.29 is 0 Å². The molecule has 2 atom stereocenters. The summed E-state index contributed by atoms with van der Waals surface area (Å²) < 4.78 is 0. The fourth-order valence-electron chi connectivity index (χ4n) is 2.00. The predicted molar refractivity (Wildman–Crippen MR) is 62.5 cm³/mol. The zero-order valence-electron chi connectivity index (χ0n) is 8.78. The van der Waals surface area contributed by atoms with Crippen molar-refractivity contribution in [1.29, 1.82) is 0 Å². The topological polar surface area (TPSA) is 26.0 Å². The van der Waals surface area contributed by atoms with Crippen molar-refractivity contribution in [1.82, 2.24) is 0 Å². The minimum atomic E-state index is 0.405. The average Bonchev–Trinajstić information content (AvgIpc) is 2.91. The van der Waals surface area contributed by atoms with Crippen LogP contribution in [-0.2, 0) is 6.42 Å². The van der Waals surface area contributed by atoms with Crippen molar-refractivity contribution in [3.05, 3.63) is 22.4 Å². The molecule has 1 nitrogen and oxygen atoms in total. The van der Waals surface area contributed by atoms with Crippen molar-refractivity contribution >= 4 is 11.3 Å². The Hall–Kier alpha value is -0.340. The second kappa shape index (κ2) is 4.45. The molecule has 0 spiro atoms. The van der Waals surface area contributed by atoms with Crippen LogP contribution in [0.15, 0.2) is 16.8 Å². The molecule has 1 aliphatic rings. The van der Waals surface area contributed by atoms with Crippen LogP contribution in [0.4, 0.5) is 0 Å². The minimum absolute atomic E-state index is 0.405. The van der Waals surface area contributed by atoms with Crippen LogP contribution < -0.4 is 5.73 Å².